The van der Waals surface area contributed by atoms with Crippen molar-refractivity contribution in [3.8, 4) is 11.6 Å². The molecule has 2 aromatic rings. The third-order valence-corrected chi connectivity index (χ3v) is 3.23. The van der Waals surface area contributed by atoms with E-state index in [0.29, 0.717) is 21.6 Å². The molecule has 8 heteroatoms. The number of halogens is 2. The molecular weight excluding hydrogens is 289 g/mol. The Balaban J connectivity index is 2.43. The maximum absolute atomic E-state index is 6.05. The van der Waals surface area contributed by atoms with E-state index in [-0.39, 0.29) is 5.88 Å². The molecule has 0 radical (unpaired) electrons. The van der Waals surface area contributed by atoms with Crippen molar-refractivity contribution < 1.29 is 4.74 Å². The molecule has 0 aliphatic heterocycles. The second-order valence-corrected chi connectivity index (χ2v) is 4.79. The van der Waals surface area contributed by atoms with Gasteiger partial charge in [-0.3, -0.25) is 4.68 Å². The van der Waals surface area contributed by atoms with Crippen LogP contribution in [0.1, 0.15) is 11.4 Å². The molecule has 102 valence electrons. The van der Waals surface area contributed by atoms with Gasteiger partial charge in [-0.15, -0.1) is 0 Å². The summed E-state index contributed by atoms with van der Waals surface area (Å²) in [5, 5.41) is 4.87. The molecule has 3 N–H and O–H groups in total. The SMILES string of the molecule is Cc1nn(C)c(C)c1Oc1nc(NN)c(Cl)cc1Cl. The van der Waals surface area contributed by atoms with Crippen LogP contribution < -0.4 is 16.0 Å². The number of hydrazine groups is 1. The first kappa shape index (κ1) is 13.9. The van der Waals surface area contributed by atoms with E-state index in [0.717, 1.165) is 11.4 Å². The molecule has 0 saturated heterocycles. The Kier molecular flexibility index (Phi) is 3.84. The number of nitrogens with one attached hydrogen (secondary N) is 1. The fourth-order valence-electron chi connectivity index (χ4n) is 1.62. The zero-order chi connectivity index (χ0) is 14.2. The maximum atomic E-state index is 6.05. The number of aromatic nitrogens is 3. The van der Waals surface area contributed by atoms with Crippen molar-refractivity contribution in [2.45, 2.75) is 13.8 Å². The topological polar surface area (TPSA) is 78.0 Å². The Labute approximate surface area is 120 Å². The minimum atomic E-state index is 0.221. The molecule has 0 aliphatic rings. The van der Waals surface area contributed by atoms with Crippen molar-refractivity contribution in [1.29, 1.82) is 0 Å². The van der Waals surface area contributed by atoms with Crippen molar-refractivity contribution in [1.82, 2.24) is 14.8 Å². The molecule has 6 nitrogen and oxygen atoms in total. The highest BCUT2D eigenvalue weighted by molar-refractivity contribution is 6.36. The minimum Gasteiger partial charge on any atom is -0.434 e. The highest BCUT2D eigenvalue weighted by Crippen LogP contribution is 2.35. The van der Waals surface area contributed by atoms with E-state index in [9.17, 15) is 0 Å². The zero-order valence-electron chi connectivity index (χ0n) is 10.7. The third kappa shape index (κ3) is 2.60. The van der Waals surface area contributed by atoms with Gasteiger partial charge in [0.2, 0.25) is 5.88 Å². The van der Waals surface area contributed by atoms with E-state index in [1.807, 2.05) is 20.9 Å². The average Bonchev–Trinajstić information content (AvgIpc) is 2.59. The Hall–Kier alpha value is -1.50. The number of hydrogen-bond acceptors (Lipinski definition) is 5. The van der Waals surface area contributed by atoms with E-state index in [1.54, 1.807) is 4.68 Å². The quantitative estimate of drug-likeness (QED) is 0.673. The minimum absolute atomic E-state index is 0.221. The predicted octanol–water partition coefficient (Wildman–Crippen LogP) is 2.82. The number of pyridine rings is 1. The molecule has 19 heavy (non-hydrogen) atoms. The highest BCUT2D eigenvalue weighted by Gasteiger charge is 2.16. The summed E-state index contributed by atoms with van der Waals surface area (Å²) in [4.78, 5) is 4.12. The summed E-state index contributed by atoms with van der Waals surface area (Å²) in [7, 11) is 1.83. The maximum Gasteiger partial charge on any atom is 0.240 e. The van der Waals surface area contributed by atoms with Crippen LogP contribution in [0.4, 0.5) is 5.82 Å². The van der Waals surface area contributed by atoms with Crippen molar-refractivity contribution in [3.05, 3.63) is 27.5 Å². The van der Waals surface area contributed by atoms with E-state index >= 15 is 0 Å². The lowest BCUT2D eigenvalue weighted by Crippen LogP contribution is -2.09. The van der Waals surface area contributed by atoms with Crippen LogP contribution in [-0.4, -0.2) is 14.8 Å². The van der Waals surface area contributed by atoms with Gasteiger partial charge >= 0.3 is 0 Å². The summed E-state index contributed by atoms with van der Waals surface area (Å²) in [6.07, 6.45) is 0. The second kappa shape index (κ2) is 5.24. The summed E-state index contributed by atoms with van der Waals surface area (Å²) < 4.78 is 7.43. The standard InChI is InChI=1S/C11H13Cl2N5O/c1-5-9(6(2)18(3)17-5)19-11-8(13)4-7(12)10(15-11)16-14/h4H,14H2,1-3H3,(H,15,16). The average molecular weight is 302 g/mol. The Morgan fingerprint density at radius 1 is 1.32 bits per heavy atom. The summed E-state index contributed by atoms with van der Waals surface area (Å²) in [5.41, 5.74) is 3.99. The number of aryl methyl sites for hydroxylation is 2. The molecule has 0 amide bonds. The Morgan fingerprint density at radius 2 is 2.00 bits per heavy atom. The Bertz CT molecular complexity index is 626. The van der Waals surface area contributed by atoms with Crippen molar-refractivity contribution >= 4 is 29.0 Å². The molecular formula is C11H13Cl2N5O. The molecule has 0 spiro atoms. The van der Waals surface area contributed by atoms with Crippen LogP contribution in [0, 0.1) is 13.8 Å². The van der Waals surface area contributed by atoms with Crippen LogP contribution in [-0.2, 0) is 7.05 Å². The van der Waals surface area contributed by atoms with Crippen LogP contribution in [0.25, 0.3) is 0 Å². The fraction of sp³-hybridized carbons (Fsp3) is 0.273. The lowest BCUT2D eigenvalue weighted by molar-refractivity contribution is 0.456. The first-order chi connectivity index (χ1) is 8.93. The van der Waals surface area contributed by atoms with Gasteiger partial charge in [-0.1, -0.05) is 23.2 Å². The molecule has 0 bridgehead atoms. The van der Waals surface area contributed by atoms with E-state index < -0.39 is 0 Å². The normalized spacial score (nSPS) is 10.6. The van der Waals surface area contributed by atoms with Gasteiger partial charge in [0, 0.05) is 7.05 Å². The summed E-state index contributed by atoms with van der Waals surface area (Å²) in [6.45, 7) is 3.73. The number of hydrogen-bond donors (Lipinski definition) is 2. The van der Waals surface area contributed by atoms with E-state index in [2.05, 4.69) is 15.5 Å². The number of nitrogen functional groups attached to an aromatic ring is 1. The van der Waals surface area contributed by atoms with Gasteiger partial charge in [0.05, 0.1) is 10.7 Å². The summed E-state index contributed by atoms with van der Waals surface area (Å²) >= 11 is 12.0. The van der Waals surface area contributed by atoms with Gasteiger partial charge in [0.25, 0.3) is 0 Å². The molecule has 0 unspecified atom stereocenters. The van der Waals surface area contributed by atoms with Gasteiger partial charge in [-0.2, -0.15) is 10.1 Å². The number of nitrogens with two attached hydrogens (primary N) is 1. The van der Waals surface area contributed by atoms with Gasteiger partial charge < -0.3 is 10.2 Å². The van der Waals surface area contributed by atoms with Gasteiger partial charge in [-0.25, -0.2) is 5.84 Å². The molecule has 0 aliphatic carbocycles. The summed E-state index contributed by atoms with van der Waals surface area (Å²) in [6, 6.07) is 1.52. The Morgan fingerprint density at radius 3 is 2.53 bits per heavy atom. The molecule has 0 fully saturated rings. The van der Waals surface area contributed by atoms with Gasteiger partial charge in [0.1, 0.15) is 10.7 Å². The number of rotatable bonds is 3. The van der Waals surface area contributed by atoms with Crippen molar-refractivity contribution in [2.75, 3.05) is 5.43 Å². The first-order valence-corrected chi connectivity index (χ1v) is 6.20. The van der Waals surface area contributed by atoms with Crippen LogP contribution in [0.3, 0.4) is 0 Å². The molecule has 0 atom stereocenters. The van der Waals surface area contributed by atoms with Crippen LogP contribution in [0.2, 0.25) is 10.0 Å². The number of anilines is 1. The van der Waals surface area contributed by atoms with Crippen LogP contribution >= 0.6 is 23.2 Å². The molecule has 2 heterocycles. The van der Waals surface area contributed by atoms with E-state index in [4.69, 9.17) is 33.8 Å². The highest BCUT2D eigenvalue weighted by atomic mass is 35.5. The summed E-state index contributed by atoms with van der Waals surface area (Å²) in [5.74, 6) is 6.44. The smallest absolute Gasteiger partial charge is 0.240 e. The molecule has 2 rings (SSSR count). The monoisotopic (exact) mass is 301 g/mol. The second-order valence-electron chi connectivity index (χ2n) is 3.98. The predicted molar refractivity (Wildman–Crippen MR) is 74.8 cm³/mol. The van der Waals surface area contributed by atoms with E-state index in [1.165, 1.54) is 6.07 Å². The lowest BCUT2D eigenvalue weighted by Gasteiger charge is -2.09. The number of nitrogens with zero attached hydrogens (tertiary/aromatic N) is 3. The van der Waals surface area contributed by atoms with Gasteiger partial charge in [-0.05, 0) is 19.9 Å². The third-order valence-electron chi connectivity index (χ3n) is 2.68. The van der Waals surface area contributed by atoms with Crippen LogP contribution in [0.15, 0.2) is 6.07 Å². The lowest BCUT2D eigenvalue weighted by atomic mass is 10.3. The molecule has 0 saturated carbocycles. The largest absolute Gasteiger partial charge is 0.434 e. The zero-order valence-corrected chi connectivity index (χ0v) is 12.2. The van der Waals surface area contributed by atoms with Crippen LogP contribution in [0.5, 0.6) is 11.6 Å². The van der Waals surface area contributed by atoms with Crippen molar-refractivity contribution in [3.63, 3.8) is 0 Å². The first-order valence-electron chi connectivity index (χ1n) is 5.44. The fourth-order valence-corrected chi connectivity index (χ4v) is 2.07. The van der Waals surface area contributed by atoms with Crippen molar-refractivity contribution in [2.24, 2.45) is 12.9 Å². The molecule has 2 aromatic heterocycles. The molecule has 0 aromatic carbocycles. The number of ether oxygens (including phenoxy) is 1. The van der Waals surface area contributed by atoms with Gasteiger partial charge in [0.15, 0.2) is 11.6 Å².